The van der Waals surface area contributed by atoms with E-state index in [1.54, 1.807) is 18.3 Å². The van der Waals surface area contributed by atoms with Crippen LogP contribution in [0, 0.1) is 12.8 Å². The van der Waals surface area contributed by atoms with Gasteiger partial charge in [0.25, 0.3) is 0 Å². The molecule has 1 N–H and O–H groups in total. The lowest BCUT2D eigenvalue weighted by Gasteiger charge is -2.04. The Morgan fingerprint density at radius 3 is 2.77 bits per heavy atom. The van der Waals surface area contributed by atoms with E-state index >= 15 is 0 Å². The summed E-state index contributed by atoms with van der Waals surface area (Å²) in [5.74, 6) is -0.938. The molecule has 1 rings (SSSR count). The SMILES string of the molecule is Cc1cscc1CCC(C)C(=O)O. The number of aliphatic carboxylic acids is 1. The molecule has 0 amide bonds. The van der Waals surface area contributed by atoms with Crippen LogP contribution in [0.15, 0.2) is 10.8 Å². The Morgan fingerprint density at radius 1 is 1.62 bits per heavy atom. The smallest absolute Gasteiger partial charge is 0.306 e. The standard InChI is InChI=1S/C10H14O2S/c1-7(10(11)12)3-4-9-6-13-5-8(9)2/h5-7H,3-4H2,1-2H3,(H,11,12). The second-order valence-electron chi connectivity index (χ2n) is 3.36. The highest BCUT2D eigenvalue weighted by molar-refractivity contribution is 7.08. The van der Waals surface area contributed by atoms with Crippen LogP contribution in [0.4, 0.5) is 0 Å². The number of carboxylic acid groups (broad SMARTS) is 1. The first-order valence-corrected chi connectivity index (χ1v) is 5.30. The molecule has 0 spiro atoms. The average molecular weight is 198 g/mol. The maximum atomic E-state index is 10.5. The summed E-state index contributed by atoms with van der Waals surface area (Å²) >= 11 is 1.68. The van der Waals surface area contributed by atoms with E-state index in [4.69, 9.17) is 5.11 Å². The van der Waals surface area contributed by atoms with Gasteiger partial charge in [-0.05, 0) is 41.7 Å². The van der Waals surface area contributed by atoms with Gasteiger partial charge in [0, 0.05) is 0 Å². The minimum Gasteiger partial charge on any atom is -0.481 e. The third-order valence-electron chi connectivity index (χ3n) is 2.23. The van der Waals surface area contributed by atoms with Gasteiger partial charge in [-0.25, -0.2) is 0 Å². The number of aryl methyl sites for hydroxylation is 2. The van der Waals surface area contributed by atoms with Crippen LogP contribution in [0.1, 0.15) is 24.5 Å². The van der Waals surface area contributed by atoms with Crippen LogP contribution >= 0.6 is 11.3 Å². The van der Waals surface area contributed by atoms with E-state index in [9.17, 15) is 4.79 Å². The van der Waals surface area contributed by atoms with E-state index < -0.39 is 5.97 Å². The summed E-state index contributed by atoms with van der Waals surface area (Å²) in [6.45, 7) is 3.82. The van der Waals surface area contributed by atoms with Crippen LogP contribution in [-0.4, -0.2) is 11.1 Å². The fourth-order valence-corrected chi connectivity index (χ4v) is 2.03. The molecule has 0 aromatic carbocycles. The Kier molecular flexibility index (Phi) is 3.48. The number of hydrogen-bond acceptors (Lipinski definition) is 2. The molecular weight excluding hydrogens is 184 g/mol. The summed E-state index contributed by atoms with van der Waals surface area (Å²) < 4.78 is 0. The molecule has 2 nitrogen and oxygen atoms in total. The highest BCUT2D eigenvalue weighted by Gasteiger charge is 2.11. The minimum absolute atomic E-state index is 0.237. The van der Waals surface area contributed by atoms with Gasteiger partial charge in [0.2, 0.25) is 0 Å². The molecule has 72 valence electrons. The van der Waals surface area contributed by atoms with Crippen molar-refractivity contribution < 1.29 is 9.90 Å². The summed E-state index contributed by atoms with van der Waals surface area (Å²) in [6, 6.07) is 0. The molecule has 1 heterocycles. The molecule has 1 atom stereocenters. The van der Waals surface area contributed by atoms with Crippen molar-refractivity contribution >= 4 is 17.3 Å². The highest BCUT2D eigenvalue weighted by atomic mass is 32.1. The van der Waals surface area contributed by atoms with E-state index in [1.807, 2.05) is 0 Å². The van der Waals surface area contributed by atoms with Gasteiger partial charge >= 0.3 is 5.97 Å². The third-order valence-corrected chi connectivity index (χ3v) is 3.14. The van der Waals surface area contributed by atoms with Crippen molar-refractivity contribution in [3.63, 3.8) is 0 Å². The zero-order valence-corrected chi connectivity index (χ0v) is 8.73. The maximum Gasteiger partial charge on any atom is 0.306 e. The topological polar surface area (TPSA) is 37.3 Å². The molecule has 0 saturated carbocycles. The van der Waals surface area contributed by atoms with Crippen molar-refractivity contribution in [1.29, 1.82) is 0 Å². The molecule has 1 unspecified atom stereocenters. The van der Waals surface area contributed by atoms with E-state index in [-0.39, 0.29) is 5.92 Å². The van der Waals surface area contributed by atoms with Gasteiger partial charge in [0.15, 0.2) is 0 Å². The van der Waals surface area contributed by atoms with Crippen molar-refractivity contribution in [3.8, 4) is 0 Å². The first kappa shape index (κ1) is 10.3. The molecule has 3 heteroatoms. The van der Waals surface area contributed by atoms with E-state index in [1.165, 1.54) is 11.1 Å². The van der Waals surface area contributed by atoms with Crippen LogP contribution in [0.3, 0.4) is 0 Å². The third kappa shape index (κ3) is 2.84. The van der Waals surface area contributed by atoms with Crippen LogP contribution in [0.25, 0.3) is 0 Å². The predicted octanol–water partition coefficient (Wildman–Crippen LogP) is 2.71. The number of carbonyl (C=O) groups is 1. The number of thiophene rings is 1. The quantitative estimate of drug-likeness (QED) is 0.807. The van der Waals surface area contributed by atoms with Crippen LogP contribution in [0.2, 0.25) is 0 Å². The van der Waals surface area contributed by atoms with Crippen LogP contribution < -0.4 is 0 Å². The van der Waals surface area contributed by atoms with Gasteiger partial charge in [-0.1, -0.05) is 6.92 Å². The van der Waals surface area contributed by atoms with E-state index in [2.05, 4.69) is 17.7 Å². The zero-order valence-electron chi connectivity index (χ0n) is 7.91. The predicted molar refractivity (Wildman–Crippen MR) is 54.2 cm³/mol. The molecule has 0 bridgehead atoms. The monoisotopic (exact) mass is 198 g/mol. The summed E-state index contributed by atoms with van der Waals surface area (Å²) in [6.07, 6.45) is 1.61. The first-order valence-electron chi connectivity index (χ1n) is 4.35. The number of hydrogen-bond donors (Lipinski definition) is 1. The fourth-order valence-electron chi connectivity index (χ4n) is 1.14. The first-order chi connectivity index (χ1) is 6.11. The zero-order chi connectivity index (χ0) is 9.84. The molecule has 1 aromatic heterocycles. The highest BCUT2D eigenvalue weighted by Crippen LogP contribution is 2.17. The van der Waals surface area contributed by atoms with Gasteiger partial charge in [-0.15, -0.1) is 0 Å². The van der Waals surface area contributed by atoms with Gasteiger partial charge < -0.3 is 5.11 Å². The molecule has 1 aromatic rings. The molecular formula is C10H14O2S. The van der Waals surface area contributed by atoms with Gasteiger partial charge in [0.05, 0.1) is 5.92 Å². The Balaban J connectivity index is 2.44. The average Bonchev–Trinajstić information content (AvgIpc) is 2.47. The molecule has 0 fully saturated rings. The van der Waals surface area contributed by atoms with E-state index in [0.29, 0.717) is 0 Å². The summed E-state index contributed by atoms with van der Waals surface area (Å²) in [7, 11) is 0. The van der Waals surface area contributed by atoms with Gasteiger partial charge in [0.1, 0.15) is 0 Å². The minimum atomic E-state index is -0.701. The van der Waals surface area contributed by atoms with Crippen molar-refractivity contribution in [3.05, 3.63) is 21.9 Å². The Bertz CT molecular complexity index is 291. The molecule has 0 radical (unpaired) electrons. The van der Waals surface area contributed by atoms with Gasteiger partial charge in [-0.2, -0.15) is 11.3 Å². The van der Waals surface area contributed by atoms with Crippen molar-refractivity contribution in [2.75, 3.05) is 0 Å². The largest absolute Gasteiger partial charge is 0.481 e. The normalized spacial score (nSPS) is 12.8. The van der Waals surface area contributed by atoms with Crippen molar-refractivity contribution in [2.45, 2.75) is 26.7 Å². The summed E-state index contributed by atoms with van der Waals surface area (Å²) in [4.78, 5) is 10.5. The molecule has 0 aliphatic carbocycles. The van der Waals surface area contributed by atoms with Crippen LogP contribution in [0.5, 0.6) is 0 Å². The molecule has 13 heavy (non-hydrogen) atoms. The Hall–Kier alpha value is -0.830. The molecule has 0 saturated heterocycles. The van der Waals surface area contributed by atoms with Gasteiger partial charge in [-0.3, -0.25) is 4.79 Å². The Labute approximate surface area is 82.2 Å². The second-order valence-corrected chi connectivity index (χ2v) is 4.10. The molecule has 0 aliphatic heterocycles. The lowest BCUT2D eigenvalue weighted by Crippen LogP contribution is -2.10. The van der Waals surface area contributed by atoms with Crippen LogP contribution in [-0.2, 0) is 11.2 Å². The van der Waals surface area contributed by atoms with Crippen molar-refractivity contribution in [1.82, 2.24) is 0 Å². The lowest BCUT2D eigenvalue weighted by atomic mass is 10.0. The number of rotatable bonds is 4. The summed E-state index contributed by atoms with van der Waals surface area (Å²) in [5, 5.41) is 12.9. The molecule has 0 aliphatic rings. The fraction of sp³-hybridized carbons (Fsp3) is 0.500. The Morgan fingerprint density at radius 2 is 2.31 bits per heavy atom. The maximum absolute atomic E-state index is 10.5. The second kappa shape index (κ2) is 4.42. The lowest BCUT2D eigenvalue weighted by molar-refractivity contribution is -0.141. The number of carboxylic acids is 1. The summed E-state index contributed by atoms with van der Waals surface area (Å²) in [5.41, 5.74) is 2.57. The van der Waals surface area contributed by atoms with E-state index in [0.717, 1.165) is 12.8 Å². The van der Waals surface area contributed by atoms with Crippen molar-refractivity contribution in [2.24, 2.45) is 5.92 Å².